The highest BCUT2D eigenvalue weighted by atomic mass is 79.9. The van der Waals surface area contributed by atoms with E-state index in [2.05, 4.69) is 31.2 Å². The summed E-state index contributed by atoms with van der Waals surface area (Å²) < 4.78 is 1.06. The summed E-state index contributed by atoms with van der Waals surface area (Å²) in [5, 5.41) is 3.46. The lowest BCUT2D eigenvalue weighted by Gasteiger charge is -2.09. The molecule has 0 atom stereocenters. The molecular formula is C12H11BrClN3. The number of nitrogens with one attached hydrogen (secondary N) is 1. The minimum Gasteiger partial charge on any atom is -0.340 e. The van der Waals surface area contributed by atoms with Crippen molar-refractivity contribution < 1.29 is 0 Å². The molecule has 1 aromatic carbocycles. The number of nitrogens with zero attached hydrogens (tertiary/aromatic N) is 2. The molecule has 1 heterocycles. The molecule has 0 amide bonds. The lowest BCUT2D eigenvalue weighted by atomic mass is 10.2. The largest absolute Gasteiger partial charge is 0.340 e. The van der Waals surface area contributed by atoms with Crippen LogP contribution in [0.5, 0.6) is 0 Å². The first-order valence-electron chi connectivity index (χ1n) is 5.08. The molecule has 0 spiro atoms. The van der Waals surface area contributed by atoms with Crippen LogP contribution in [-0.4, -0.2) is 9.97 Å². The minimum atomic E-state index is 0.240. The van der Waals surface area contributed by atoms with Gasteiger partial charge in [-0.2, -0.15) is 0 Å². The van der Waals surface area contributed by atoms with Crippen molar-refractivity contribution in [3.63, 3.8) is 0 Å². The number of aryl methyl sites for hydroxylation is 2. The molecule has 0 fully saturated rings. The molecule has 0 bridgehead atoms. The van der Waals surface area contributed by atoms with E-state index < -0.39 is 0 Å². The van der Waals surface area contributed by atoms with Crippen molar-refractivity contribution in [2.45, 2.75) is 13.8 Å². The van der Waals surface area contributed by atoms with Crippen molar-refractivity contribution in [1.82, 2.24) is 9.97 Å². The monoisotopic (exact) mass is 311 g/mol. The summed E-state index contributed by atoms with van der Waals surface area (Å²) in [5.41, 5.74) is 3.10. The fourth-order valence-electron chi connectivity index (χ4n) is 1.35. The maximum Gasteiger partial charge on any atom is 0.224 e. The van der Waals surface area contributed by atoms with Gasteiger partial charge in [0.25, 0.3) is 0 Å². The van der Waals surface area contributed by atoms with Crippen molar-refractivity contribution in [2.75, 3.05) is 5.32 Å². The van der Waals surface area contributed by atoms with Gasteiger partial charge in [-0.15, -0.1) is 0 Å². The van der Waals surface area contributed by atoms with Crippen molar-refractivity contribution in [2.24, 2.45) is 0 Å². The highest BCUT2D eigenvalue weighted by molar-refractivity contribution is 9.10. The highest BCUT2D eigenvalue weighted by Gasteiger charge is 2.04. The Morgan fingerprint density at radius 3 is 2.71 bits per heavy atom. The summed E-state index contributed by atoms with van der Waals surface area (Å²) in [6.07, 6.45) is 1.70. The molecule has 0 aliphatic heterocycles. The van der Waals surface area contributed by atoms with Crippen LogP contribution in [0.3, 0.4) is 0 Å². The van der Waals surface area contributed by atoms with Crippen LogP contribution in [0.1, 0.15) is 11.1 Å². The molecule has 0 saturated heterocycles. The van der Waals surface area contributed by atoms with E-state index in [1.54, 1.807) is 6.20 Å². The van der Waals surface area contributed by atoms with Gasteiger partial charge in [0, 0.05) is 21.9 Å². The Morgan fingerprint density at radius 1 is 1.24 bits per heavy atom. The van der Waals surface area contributed by atoms with Crippen LogP contribution in [0.15, 0.2) is 28.9 Å². The van der Waals surface area contributed by atoms with Crippen molar-refractivity contribution >= 4 is 39.0 Å². The zero-order chi connectivity index (χ0) is 12.4. The average Bonchev–Trinajstić information content (AvgIpc) is 2.29. The molecule has 0 unspecified atom stereocenters. The van der Waals surface area contributed by atoms with Crippen molar-refractivity contribution in [3.8, 4) is 0 Å². The normalized spacial score (nSPS) is 10.4. The zero-order valence-electron chi connectivity index (χ0n) is 9.46. The molecule has 17 heavy (non-hydrogen) atoms. The minimum absolute atomic E-state index is 0.240. The standard InChI is InChI=1S/C12H11BrClN3/c1-7-3-4-9(5-10(7)13)16-11-8(2)6-15-12(14)17-11/h3-6H,1-2H3,(H,15,16,17). The van der Waals surface area contributed by atoms with Gasteiger partial charge in [0.2, 0.25) is 5.28 Å². The first kappa shape index (κ1) is 12.3. The molecule has 88 valence electrons. The molecule has 2 aromatic rings. The number of rotatable bonds is 2. The second kappa shape index (κ2) is 5.02. The third kappa shape index (κ3) is 2.96. The summed E-state index contributed by atoms with van der Waals surface area (Å²) in [7, 11) is 0. The van der Waals surface area contributed by atoms with Gasteiger partial charge in [-0.25, -0.2) is 9.97 Å². The molecule has 0 aliphatic carbocycles. The number of aromatic nitrogens is 2. The van der Waals surface area contributed by atoms with E-state index in [0.717, 1.165) is 21.5 Å². The summed E-state index contributed by atoms with van der Waals surface area (Å²) in [6.45, 7) is 3.97. The third-order valence-electron chi connectivity index (χ3n) is 2.38. The fourth-order valence-corrected chi connectivity index (χ4v) is 1.87. The maximum absolute atomic E-state index is 5.77. The maximum atomic E-state index is 5.77. The molecule has 5 heteroatoms. The first-order chi connectivity index (χ1) is 8.06. The van der Waals surface area contributed by atoms with Gasteiger partial charge in [0.15, 0.2) is 0 Å². The van der Waals surface area contributed by atoms with Gasteiger partial charge in [-0.05, 0) is 43.1 Å². The van der Waals surface area contributed by atoms with Gasteiger partial charge in [-0.1, -0.05) is 22.0 Å². The second-order valence-electron chi connectivity index (χ2n) is 3.76. The third-order valence-corrected chi connectivity index (χ3v) is 3.41. The van der Waals surface area contributed by atoms with Crippen LogP contribution in [0.4, 0.5) is 11.5 Å². The lowest BCUT2D eigenvalue weighted by Crippen LogP contribution is -1.98. The van der Waals surface area contributed by atoms with Crippen LogP contribution in [-0.2, 0) is 0 Å². The van der Waals surface area contributed by atoms with Gasteiger partial charge < -0.3 is 5.32 Å². The van der Waals surface area contributed by atoms with Gasteiger partial charge in [0.1, 0.15) is 5.82 Å². The highest BCUT2D eigenvalue weighted by Crippen LogP contribution is 2.24. The molecule has 0 radical (unpaired) electrons. The molecule has 0 saturated carbocycles. The number of benzene rings is 1. The summed E-state index contributed by atoms with van der Waals surface area (Å²) >= 11 is 9.26. The van der Waals surface area contributed by atoms with Crippen molar-refractivity contribution in [1.29, 1.82) is 0 Å². The Kier molecular flexibility index (Phi) is 3.64. The van der Waals surface area contributed by atoms with Gasteiger partial charge >= 0.3 is 0 Å². The predicted octanol–water partition coefficient (Wildman–Crippen LogP) is 4.25. The SMILES string of the molecule is Cc1ccc(Nc2nc(Cl)ncc2C)cc1Br. The zero-order valence-corrected chi connectivity index (χ0v) is 11.8. The fraction of sp³-hybridized carbons (Fsp3) is 0.167. The van der Waals surface area contributed by atoms with E-state index in [0.29, 0.717) is 0 Å². The Hall–Kier alpha value is -1.13. The van der Waals surface area contributed by atoms with Crippen LogP contribution in [0.25, 0.3) is 0 Å². The Morgan fingerprint density at radius 2 is 2.00 bits per heavy atom. The van der Waals surface area contributed by atoms with E-state index in [-0.39, 0.29) is 5.28 Å². The van der Waals surface area contributed by atoms with Gasteiger partial charge in [0.05, 0.1) is 0 Å². The van der Waals surface area contributed by atoms with Crippen LogP contribution < -0.4 is 5.32 Å². The average molecular weight is 313 g/mol. The van der Waals surface area contributed by atoms with E-state index >= 15 is 0 Å². The summed E-state index contributed by atoms with van der Waals surface area (Å²) in [5.74, 6) is 0.723. The quantitative estimate of drug-likeness (QED) is 0.842. The molecule has 1 aromatic heterocycles. The van der Waals surface area contributed by atoms with Crippen LogP contribution in [0, 0.1) is 13.8 Å². The molecular weight excluding hydrogens is 302 g/mol. The number of halogens is 2. The van der Waals surface area contributed by atoms with Crippen LogP contribution in [0.2, 0.25) is 5.28 Å². The topological polar surface area (TPSA) is 37.8 Å². The summed E-state index contributed by atoms with van der Waals surface area (Å²) in [6, 6.07) is 6.03. The Balaban J connectivity index is 2.31. The number of anilines is 2. The van der Waals surface area contributed by atoms with Crippen molar-refractivity contribution in [3.05, 3.63) is 45.3 Å². The van der Waals surface area contributed by atoms with E-state index in [4.69, 9.17) is 11.6 Å². The number of hydrogen-bond acceptors (Lipinski definition) is 3. The molecule has 3 nitrogen and oxygen atoms in total. The summed E-state index contributed by atoms with van der Waals surface area (Å²) in [4.78, 5) is 8.07. The van der Waals surface area contributed by atoms with E-state index in [1.165, 1.54) is 5.56 Å². The smallest absolute Gasteiger partial charge is 0.224 e. The molecule has 1 N–H and O–H groups in total. The van der Waals surface area contributed by atoms with Crippen LogP contribution >= 0.6 is 27.5 Å². The second-order valence-corrected chi connectivity index (χ2v) is 4.95. The lowest BCUT2D eigenvalue weighted by molar-refractivity contribution is 1.13. The molecule has 2 rings (SSSR count). The Bertz CT molecular complexity index is 557. The number of hydrogen-bond donors (Lipinski definition) is 1. The van der Waals surface area contributed by atoms with E-state index in [1.807, 2.05) is 32.0 Å². The Labute approximate surface area is 113 Å². The van der Waals surface area contributed by atoms with Gasteiger partial charge in [-0.3, -0.25) is 0 Å². The van der Waals surface area contributed by atoms with E-state index in [9.17, 15) is 0 Å². The molecule has 0 aliphatic rings. The first-order valence-corrected chi connectivity index (χ1v) is 6.25. The predicted molar refractivity (Wildman–Crippen MR) is 73.9 cm³/mol.